The van der Waals surface area contributed by atoms with Gasteiger partial charge in [-0.3, -0.25) is 29.4 Å². The number of rotatable bonds is 5. The number of fused-ring (bicyclic) bond motifs is 1. The van der Waals surface area contributed by atoms with Crippen LogP contribution < -0.4 is 0 Å². The van der Waals surface area contributed by atoms with Gasteiger partial charge in [-0.2, -0.15) is 0 Å². The van der Waals surface area contributed by atoms with E-state index in [0.717, 1.165) is 12.1 Å². The molecule has 0 saturated heterocycles. The molecule has 2 rings (SSSR count). The van der Waals surface area contributed by atoms with Gasteiger partial charge in [0, 0.05) is 12.1 Å². The SMILES string of the molecule is O=C(CN1C(=O)c2ccc([N+](=O)[O-])cc2C1=O)OCCCl. The molecule has 1 aromatic rings. The number of nitro groups is 1. The van der Waals surface area contributed by atoms with Gasteiger partial charge in [0.25, 0.3) is 17.5 Å². The molecule has 1 aliphatic heterocycles. The lowest BCUT2D eigenvalue weighted by atomic mass is 10.1. The molecular formula is C12H9ClN2O6. The smallest absolute Gasteiger partial charge is 0.326 e. The molecule has 1 aromatic carbocycles. The predicted molar refractivity (Wildman–Crippen MR) is 70.1 cm³/mol. The molecule has 0 N–H and O–H groups in total. The fraction of sp³-hybridized carbons (Fsp3) is 0.250. The third-order valence-corrected chi connectivity index (χ3v) is 2.95. The third kappa shape index (κ3) is 2.84. The zero-order valence-corrected chi connectivity index (χ0v) is 11.3. The van der Waals surface area contributed by atoms with Crippen molar-refractivity contribution in [3.05, 3.63) is 39.4 Å². The van der Waals surface area contributed by atoms with Crippen LogP contribution in [-0.2, 0) is 9.53 Å². The Labute approximate surface area is 123 Å². The molecule has 2 amide bonds. The molecule has 0 atom stereocenters. The van der Waals surface area contributed by atoms with Gasteiger partial charge in [0.15, 0.2) is 0 Å². The van der Waals surface area contributed by atoms with Gasteiger partial charge >= 0.3 is 5.97 Å². The molecule has 1 heterocycles. The van der Waals surface area contributed by atoms with Crippen LogP contribution in [0.3, 0.4) is 0 Å². The third-order valence-electron chi connectivity index (χ3n) is 2.79. The summed E-state index contributed by atoms with van der Waals surface area (Å²) in [6.45, 7) is -0.591. The van der Waals surface area contributed by atoms with E-state index in [-0.39, 0.29) is 29.3 Å². The highest BCUT2D eigenvalue weighted by Gasteiger charge is 2.38. The summed E-state index contributed by atoms with van der Waals surface area (Å²) in [6.07, 6.45) is 0. The fourth-order valence-corrected chi connectivity index (χ4v) is 1.94. The van der Waals surface area contributed by atoms with E-state index >= 15 is 0 Å². The number of esters is 1. The summed E-state index contributed by atoms with van der Waals surface area (Å²) in [5.41, 5.74) is -0.378. The summed E-state index contributed by atoms with van der Waals surface area (Å²) in [5, 5.41) is 10.7. The molecule has 0 spiro atoms. The van der Waals surface area contributed by atoms with Crippen molar-refractivity contribution in [3.63, 3.8) is 0 Å². The Morgan fingerprint density at radius 1 is 1.29 bits per heavy atom. The van der Waals surface area contributed by atoms with Crippen LogP contribution in [0, 0.1) is 10.1 Å². The molecule has 0 fully saturated rings. The first-order valence-corrected chi connectivity index (χ1v) is 6.35. The molecule has 0 aromatic heterocycles. The minimum atomic E-state index is -0.778. The van der Waals surface area contributed by atoms with Gasteiger partial charge in [0.05, 0.1) is 21.9 Å². The number of alkyl halides is 1. The number of amides is 2. The van der Waals surface area contributed by atoms with Crippen LogP contribution in [0.5, 0.6) is 0 Å². The average Bonchev–Trinajstić information content (AvgIpc) is 2.69. The molecule has 0 unspecified atom stereocenters. The van der Waals surface area contributed by atoms with E-state index in [1.165, 1.54) is 6.07 Å². The molecule has 0 radical (unpaired) electrons. The van der Waals surface area contributed by atoms with Crippen LogP contribution in [-0.4, -0.2) is 46.6 Å². The Kier molecular flexibility index (Phi) is 4.18. The number of imide groups is 1. The Hall–Kier alpha value is -2.48. The molecule has 110 valence electrons. The summed E-state index contributed by atoms with van der Waals surface area (Å²) < 4.78 is 4.69. The van der Waals surface area contributed by atoms with Crippen molar-refractivity contribution in [3.8, 4) is 0 Å². The Morgan fingerprint density at radius 3 is 2.57 bits per heavy atom. The first kappa shape index (κ1) is 14.9. The highest BCUT2D eigenvalue weighted by molar-refractivity contribution is 6.22. The topological polar surface area (TPSA) is 107 Å². The van der Waals surface area contributed by atoms with Gasteiger partial charge in [-0.1, -0.05) is 0 Å². The Morgan fingerprint density at radius 2 is 1.95 bits per heavy atom. The zero-order chi connectivity index (χ0) is 15.6. The van der Waals surface area contributed by atoms with Crippen molar-refractivity contribution in [2.75, 3.05) is 19.0 Å². The van der Waals surface area contributed by atoms with Crippen LogP contribution in [0.4, 0.5) is 5.69 Å². The molecule has 0 saturated carbocycles. The minimum Gasteiger partial charge on any atom is -0.463 e. The number of ether oxygens (including phenoxy) is 1. The monoisotopic (exact) mass is 312 g/mol. The van der Waals surface area contributed by atoms with E-state index in [0.29, 0.717) is 4.90 Å². The van der Waals surface area contributed by atoms with Gasteiger partial charge < -0.3 is 4.74 Å². The fourth-order valence-electron chi connectivity index (χ4n) is 1.86. The summed E-state index contributed by atoms with van der Waals surface area (Å²) in [4.78, 5) is 46.2. The van der Waals surface area contributed by atoms with Crippen LogP contribution in [0.1, 0.15) is 20.7 Å². The summed E-state index contributed by atoms with van der Waals surface area (Å²) in [5.74, 6) is -2.13. The van der Waals surface area contributed by atoms with Crippen molar-refractivity contribution in [2.24, 2.45) is 0 Å². The second-order valence-corrected chi connectivity index (χ2v) is 4.47. The maximum atomic E-state index is 12.0. The van der Waals surface area contributed by atoms with Crippen molar-refractivity contribution >= 4 is 35.1 Å². The molecule has 9 heteroatoms. The largest absolute Gasteiger partial charge is 0.463 e. The van der Waals surface area contributed by atoms with Crippen molar-refractivity contribution in [1.29, 1.82) is 0 Å². The van der Waals surface area contributed by atoms with E-state index in [4.69, 9.17) is 11.6 Å². The zero-order valence-electron chi connectivity index (χ0n) is 10.6. The van der Waals surface area contributed by atoms with E-state index in [1.54, 1.807) is 0 Å². The van der Waals surface area contributed by atoms with Crippen LogP contribution in [0.25, 0.3) is 0 Å². The highest BCUT2D eigenvalue weighted by Crippen LogP contribution is 2.26. The molecule has 8 nitrogen and oxygen atoms in total. The summed E-state index contributed by atoms with van der Waals surface area (Å²) >= 11 is 5.35. The second kappa shape index (κ2) is 5.88. The molecule has 21 heavy (non-hydrogen) atoms. The number of hydrogen-bond acceptors (Lipinski definition) is 6. The van der Waals surface area contributed by atoms with Gasteiger partial charge in [-0.05, 0) is 6.07 Å². The number of benzene rings is 1. The number of halogens is 1. The molecule has 1 aliphatic rings. The lowest BCUT2D eigenvalue weighted by molar-refractivity contribution is -0.384. The van der Waals surface area contributed by atoms with E-state index < -0.39 is 29.3 Å². The van der Waals surface area contributed by atoms with Crippen LogP contribution in [0.15, 0.2) is 18.2 Å². The lowest BCUT2D eigenvalue weighted by Gasteiger charge is -2.12. The number of nitro benzene ring substituents is 1. The quantitative estimate of drug-likeness (QED) is 0.264. The maximum Gasteiger partial charge on any atom is 0.326 e. The van der Waals surface area contributed by atoms with Crippen molar-refractivity contribution in [1.82, 2.24) is 4.90 Å². The van der Waals surface area contributed by atoms with E-state index in [1.807, 2.05) is 0 Å². The number of non-ortho nitro benzene ring substituents is 1. The van der Waals surface area contributed by atoms with Crippen molar-refractivity contribution in [2.45, 2.75) is 0 Å². The molecular weight excluding hydrogens is 304 g/mol. The highest BCUT2D eigenvalue weighted by atomic mass is 35.5. The maximum absolute atomic E-state index is 12.0. The number of hydrogen-bond donors (Lipinski definition) is 0. The second-order valence-electron chi connectivity index (χ2n) is 4.09. The lowest BCUT2D eigenvalue weighted by Crippen LogP contribution is -2.35. The van der Waals surface area contributed by atoms with Crippen molar-refractivity contribution < 1.29 is 24.0 Å². The normalized spacial score (nSPS) is 13.3. The van der Waals surface area contributed by atoms with Gasteiger partial charge in [0.1, 0.15) is 13.2 Å². The number of nitrogens with zero attached hydrogens (tertiary/aromatic N) is 2. The number of carbonyl (C=O) groups is 3. The van der Waals surface area contributed by atoms with Crippen LogP contribution >= 0.6 is 11.6 Å². The van der Waals surface area contributed by atoms with Gasteiger partial charge in [-0.25, -0.2) is 0 Å². The van der Waals surface area contributed by atoms with E-state index in [9.17, 15) is 24.5 Å². The first-order chi connectivity index (χ1) is 9.95. The molecule has 0 aliphatic carbocycles. The van der Waals surface area contributed by atoms with Gasteiger partial charge in [0.2, 0.25) is 0 Å². The minimum absolute atomic E-state index is 0.0238. The Balaban J connectivity index is 2.22. The van der Waals surface area contributed by atoms with Crippen LogP contribution in [0.2, 0.25) is 0 Å². The first-order valence-electron chi connectivity index (χ1n) is 5.82. The number of carbonyl (C=O) groups excluding carboxylic acids is 3. The average molecular weight is 313 g/mol. The molecule has 0 bridgehead atoms. The summed E-state index contributed by atoms with van der Waals surface area (Å²) in [6, 6.07) is 3.33. The van der Waals surface area contributed by atoms with Gasteiger partial charge in [-0.15, -0.1) is 11.6 Å². The Bertz CT molecular complexity index is 645. The standard InChI is InChI=1S/C12H9ClN2O6/c13-3-4-21-10(16)6-14-11(17)8-2-1-7(15(19)20)5-9(8)12(14)18/h1-2,5H,3-4,6H2. The predicted octanol–water partition coefficient (Wildman–Crippen LogP) is 0.973. The van der Waals surface area contributed by atoms with E-state index in [2.05, 4.69) is 4.74 Å². The summed E-state index contributed by atoms with van der Waals surface area (Å²) in [7, 11) is 0.